The summed E-state index contributed by atoms with van der Waals surface area (Å²) in [6.45, 7) is 4.78. The third kappa shape index (κ3) is 6.02. The van der Waals surface area contributed by atoms with Crippen molar-refractivity contribution in [2.24, 2.45) is 4.99 Å². The first kappa shape index (κ1) is 36.4. The number of nitrogens with zero attached hydrogens (tertiary/aromatic N) is 1. The SMILES string of the molecule is CC1(C)c2ccc3ccccc3c2-c2cccc(-c3ccc(-c4ccc(/C=C/C(=NC(=N)c5ccccc5)c5cccc6ccccc56)c5ccccc45)c4ccccc34)c21. The van der Waals surface area contributed by atoms with E-state index in [4.69, 9.17) is 10.4 Å². The summed E-state index contributed by atoms with van der Waals surface area (Å²) >= 11 is 0. The quantitative estimate of drug-likeness (QED) is 0.129. The van der Waals surface area contributed by atoms with Gasteiger partial charge in [0.15, 0.2) is 5.84 Å². The van der Waals surface area contributed by atoms with E-state index in [9.17, 15) is 0 Å². The fraction of sp³-hybridized carbons (Fsp3) is 0.0508. The summed E-state index contributed by atoms with van der Waals surface area (Å²) in [5.74, 6) is 0.228. The van der Waals surface area contributed by atoms with Crippen LogP contribution in [0.2, 0.25) is 0 Å². The lowest BCUT2D eigenvalue weighted by Crippen LogP contribution is -2.16. The normalized spacial score (nSPS) is 13.3. The largest absolute Gasteiger partial charge is 0.282 e. The van der Waals surface area contributed by atoms with Crippen molar-refractivity contribution in [2.45, 2.75) is 19.3 Å². The highest BCUT2D eigenvalue weighted by Gasteiger charge is 2.38. The molecule has 0 aromatic heterocycles. The van der Waals surface area contributed by atoms with E-state index < -0.39 is 0 Å². The zero-order chi connectivity index (χ0) is 41.1. The standard InChI is InChI=1S/C59H42N2/c1-59(2)54-36-31-39-17-7-9-23-44(39)56(54)53-29-15-28-52(57(53)59)50-35-34-49(46-25-12-13-26-47(46)50)48-33-30-40(42-21-10-11-24-45(42)48)32-37-55(61-58(60)41-18-4-3-5-19-41)51-27-14-20-38-16-6-8-22-43(38)51/h3-37,60H,1-2H3/b37-32+,60-58?,61-55?. The Hall–Kier alpha value is -7.68. The Morgan fingerprint density at radius 1 is 0.443 bits per heavy atom. The lowest BCUT2D eigenvalue weighted by atomic mass is 9.78. The number of rotatable bonds is 6. The minimum atomic E-state index is -0.162. The number of hydrogen-bond acceptors (Lipinski definition) is 1. The number of fused-ring (bicyclic) bond motifs is 8. The van der Waals surface area contributed by atoms with Gasteiger partial charge in [-0.2, -0.15) is 0 Å². The Bertz CT molecular complexity index is 3450. The molecule has 2 heteroatoms. The first-order valence-electron chi connectivity index (χ1n) is 21.0. The second-order valence-electron chi connectivity index (χ2n) is 16.6. The summed E-state index contributed by atoms with van der Waals surface area (Å²) < 4.78 is 0. The van der Waals surface area contributed by atoms with E-state index in [1.165, 1.54) is 71.4 Å². The van der Waals surface area contributed by atoms with Crippen LogP contribution in [0.5, 0.6) is 0 Å². The van der Waals surface area contributed by atoms with Crippen molar-refractivity contribution in [2.75, 3.05) is 0 Å². The van der Waals surface area contributed by atoms with Crippen LogP contribution >= 0.6 is 0 Å². The number of hydrogen-bond donors (Lipinski definition) is 1. The van der Waals surface area contributed by atoms with Gasteiger partial charge in [0.25, 0.3) is 0 Å². The van der Waals surface area contributed by atoms with Gasteiger partial charge in [-0.15, -0.1) is 0 Å². The van der Waals surface area contributed by atoms with Gasteiger partial charge >= 0.3 is 0 Å². The van der Waals surface area contributed by atoms with E-state index in [2.05, 4.69) is 196 Å². The second-order valence-corrected chi connectivity index (χ2v) is 16.6. The van der Waals surface area contributed by atoms with Crippen molar-refractivity contribution in [3.63, 3.8) is 0 Å². The first-order valence-corrected chi connectivity index (χ1v) is 21.0. The molecule has 0 saturated heterocycles. The van der Waals surface area contributed by atoms with Gasteiger partial charge < -0.3 is 0 Å². The third-order valence-corrected chi connectivity index (χ3v) is 12.8. The van der Waals surface area contributed by atoms with Crippen LogP contribution in [0.4, 0.5) is 0 Å². The zero-order valence-electron chi connectivity index (χ0n) is 34.2. The molecule has 11 rings (SSSR count). The van der Waals surface area contributed by atoms with Gasteiger partial charge in [0.1, 0.15) is 0 Å². The van der Waals surface area contributed by atoms with Crippen LogP contribution < -0.4 is 0 Å². The van der Waals surface area contributed by atoms with Gasteiger partial charge in [-0.3, -0.25) is 5.41 Å². The third-order valence-electron chi connectivity index (χ3n) is 12.8. The van der Waals surface area contributed by atoms with Gasteiger partial charge in [-0.25, -0.2) is 4.99 Å². The molecule has 61 heavy (non-hydrogen) atoms. The molecule has 288 valence electrons. The average molecular weight is 779 g/mol. The first-order chi connectivity index (χ1) is 30.0. The molecule has 0 aliphatic heterocycles. The summed E-state index contributed by atoms with van der Waals surface area (Å²) in [6.07, 6.45) is 4.23. The highest BCUT2D eigenvalue weighted by molar-refractivity contribution is 6.23. The molecule has 0 fully saturated rings. The molecule has 0 spiro atoms. The highest BCUT2D eigenvalue weighted by Crippen LogP contribution is 2.55. The van der Waals surface area contributed by atoms with Crippen molar-refractivity contribution in [3.05, 3.63) is 234 Å². The molecule has 0 bridgehead atoms. The van der Waals surface area contributed by atoms with Crippen LogP contribution in [0.25, 0.3) is 82.5 Å². The van der Waals surface area contributed by atoms with Crippen molar-refractivity contribution in [1.82, 2.24) is 0 Å². The molecule has 1 aliphatic rings. The molecule has 0 heterocycles. The Kier molecular flexibility index (Phi) is 8.68. The zero-order valence-corrected chi connectivity index (χ0v) is 34.2. The Morgan fingerprint density at radius 2 is 0.967 bits per heavy atom. The number of allylic oxidation sites excluding steroid dienone is 1. The molecule has 0 atom stereocenters. The predicted octanol–water partition coefficient (Wildman–Crippen LogP) is 15.5. The lowest BCUT2D eigenvalue weighted by Gasteiger charge is -2.25. The van der Waals surface area contributed by atoms with Crippen LogP contribution in [-0.2, 0) is 5.41 Å². The topological polar surface area (TPSA) is 36.2 Å². The van der Waals surface area contributed by atoms with E-state index >= 15 is 0 Å². The highest BCUT2D eigenvalue weighted by atomic mass is 14.8. The average Bonchev–Trinajstić information content (AvgIpc) is 3.56. The van der Waals surface area contributed by atoms with Gasteiger partial charge in [0.2, 0.25) is 0 Å². The van der Waals surface area contributed by atoms with Crippen LogP contribution in [0, 0.1) is 5.41 Å². The summed E-state index contributed by atoms with van der Waals surface area (Å²) in [7, 11) is 0. The molecule has 0 radical (unpaired) electrons. The molecule has 1 N–H and O–H groups in total. The van der Waals surface area contributed by atoms with Crippen LogP contribution in [-0.4, -0.2) is 11.5 Å². The molecule has 0 amide bonds. The summed E-state index contributed by atoms with van der Waals surface area (Å²) in [4.78, 5) is 4.96. The van der Waals surface area contributed by atoms with Gasteiger partial charge in [-0.05, 0) is 99.2 Å². The van der Waals surface area contributed by atoms with Crippen LogP contribution in [0.3, 0.4) is 0 Å². The molecule has 1 aliphatic carbocycles. The maximum Gasteiger partial charge on any atom is 0.152 e. The van der Waals surface area contributed by atoms with Crippen LogP contribution in [0.1, 0.15) is 41.7 Å². The molecule has 0 unspecified atom stereocenters. The number of aliphatic imine (C=N–C) groups is 1. The van der Waals surface area contributed by atoms with E-state index in [1.807, 2.05) is 30.3 Å². The number of nitrogens with one attached hydrogen (secondary N) is 1. The van der Waals surface area contributed by atoms with Gasteiger partial charge in [0, 0.05) is 16.5 Å². The second kappa shape index (κ2) is 14.5. The number of amidine groups is 1. The number of benzene rings is 10. The Balaban J connectivity index is 1.03. The molecule has 0 saturated carbocycles. The Morgan fingerprint density at radius 3 is 1.69 bits per heavy atom. The van der Waals surface area contributed by atoms with E-state index in [1.54, 1.807) is 0 Å². The molecule has 10 aromatic rings. The predicted molar refractivity (Wildman–Crippen MR) is 260 cm³/mol. The maximum absolute atomic E-state index is 8.98. The van der Waals surface area contributed by atoms with Crippen molar-refractivity contribution >= 4 is 60.7 Å². The molecule has 2 nitrogen and oxygen atoms in total. The van der Waals surface area contributed by atoms with E-state index in [0.29, 0.717) is 0 Å². The summed E-state index contributed by atoms with van der Waals surface area (Å²) in [6, 6.07) is 71.5. The minimum absolute atomic E-state index is 0.162. The molecular weight excluding hydrogens is 737 g/mol. The van der Waals surface area contributed by atoms with Crippen LogP contribution in [0.15, 0.2) is 211 Å². The van der Waals surface area contributed by atoms with Crippen molar-refractivity contribution in [1.29, 1.82) is 5.41 Å². The van der Waals surface area contributed by atoms with Gasteiger partial charge in [0.05, 0.1) is 5.71 Å². The fourth-order valence-electron chi connectivity index (χ4n) is 9.93. The summed E-state index contributed by atoms with van der Waals surface area (Å²) in [5.41, 5.74) is 13.9. The lowest BCUT2D eigenvalue weighted by molar-refractivity contribution is 0.662. The summed E-state index contributed by atoms with van der Waals surface area (Å²) in [5, 5.41) is 18.6. The van der Waals surface area contributed by atoms with Crippen molar-refractivity contribution in [3.8, 4) is 33.4 Å². The maximum atomic E-state index is 8.98. The monoisotopic (exact) mass is 778 g/mol. The molecule has 10 aromatic carbocycles. The smallest absolute Gasteiger partial charge is 0.152 e. The van der Waals surface area contributed by atoms with E-state index in [0.717, 1.165) is 38.6 Å². The fourth-order valence-corrected chi connectivity index (χ4v) is 9.93. The molecular formula is C59H42N2. The van der Waals surface area contributed by atoms with E-state index in [-0.39, 0.29) is 11.3 Å². The van der Waals surface area contributed by atoms with Gasteiger partial charge in [-0.1, -0.05) is 220 Å². The van der Waals surface area contributed by atoms with Crippen molar-refractivity contribution < 1.29 is 0 Å². The Labute approximate surface area is 356 Å². The minimum Gasteiger partial charge on any atom is -0.282 e.